The van der Waals surface area contributed by atoms with Gasteiger partial charge in [-0.05, 0) is 24.6 Å². The molecule has 2 aromatic heterocycles. The van der Waals surface area contributed by atoms with Crippen molar-refractivity contribution in [3.8, 4) is 0 Å². The molecule has 0 amide bonds. The van der Waals surface area contributed by atoms with Crippen LogP contribution in [-0.2, 0) is 16.1 Å². The first-order valence-electron chi connectivity index (χ1n) is 7.72. The number of rotatable bonds is 6. The number of nitrogens with zero attached hydrogens (tertiary/aromatic N) is 3. The number of anilines is 2. The van der Waals surface area contributed by atoms with Crippen LogP contribution in [0.5, 0.6) is 0 Å². The summed E-state index contributed by atoms with van der Waals surface area (Å²) in [7, 11) is 1.83. The molecule has 2 N–H and O–H groups in total. The maximum atomic E-state index is 5.99. The number of ether oxygens (including phenoxy) is 2. The SMILES string of the molecule is CNc1ccnc(N[C@@H]2CCOC[C@H]2OCc2ccccn2)n1. The van der Waals surface area contributed by atoms with Crippen molar-refractivity contribution in [1.29, 1.82) is 0 Å². The van der Waals surface area contributed by atoms with Gasteiger partial charge in [0.1, 0.15) is 11.9 Å². The summed E-state index contributed by atoms with van der Waals surface area (Å²) in [6.45, 7) is 1.72. The maximum absolute atomic E-state index is 5.99. The number of aromatic nitrogens is 3. The summed E-state index contributed by atoms with van der Waals surface area (Å²) >= 11 is 0. The Bertz CT molecular complexity index is 610. The van der Waals surface area contributed by atoms with Crippen LogP contribution in [0, 0.1) is 0 Å². The molecule has 0 saturated carbocycles. The molecule has 1 aliphatic heterocycles. The quantitative estimate of drug-likeness (QED) is 0.839. The van der Waals surface area contributed by atoms with E-state index >= 15 is 0 Å². The molecule has 122 valence electrons. The highest BCUT2D eigenvalue weighted by Gasteiger charge is 2.27. The van der Waals surface area contributed by atoms with E-state index in [-0.39, 0.29) is 12.1 Å². The molecule has 1 fully saturated rings. The molecule has 0 radical (unpaired) electrons. The Balaban J connectivity index is 1.61. The van der Waals surface area contributed by atoms with Crippen molar-refractivity contribution in [1.82, 2.24) is 15.0 Å². The zero-order valence-corrected chi connectivity index (χ0v) is 13.1. The van der Waals surface area contributed by atoms with Crippen molar-refractivity contribution in [2.24, 2.45) is 0 Å². The van der Waals surface area contributed by atoms with Gasteiger partial charge in [-0.2, -0.15) is 4.98 Å². The molecule has 3 heterocycles. The Morgan fingerprint density at radius 1 is 1.26 bits per heavy atom. The Morgan fingerprint density at radius 2 is 2.22 bits per heavy atom. The number of nitrogens with one attached hydrogen (secondary N) is 2. The molecular formula is C16H21N5O2. The molecule has 7 nitrogen and oxygen atoms in total. The molecule has 23 heavy (non-hydrogen) atoms. The van der Waals surface area contributed by atoms with E-state index in [1.165, 1.54) is 0 Å². The summed E-state index contributed by atoms with van der Waals surface area (Å²) in [4.78, 5) is 12.9. The highest BCUT2D eigenvalue weighted by atomic mass is 16.5. The molecule has 2 atom stereocenters. The molecule has 7 heteroatoms. The van der Waals surface area contributed by atoms with Crippen LogP contribution in [0.1, 0.15) is 12.1 Å². The van der Waals surface area contributed by atoms with Gasteiger partial charge in [-0.15, -0.1) is 0 Å². The monoisotopic (exact) mass is 315 g/mol. The van der Waals surface area contributed by atoms with E-state index in [0.717, 1.165) is 17.9 Å². The van der Waals surface area contributed by atoms with Gasteiger partial charge in [-0.1, -0.05) is 6.07 Å². The number of hydrogen-bond donors (Lipinski definition) is 2. The zero-order chi connectivity index (χ0) is 15.9. The highest BCUT2D eigenvalue weighted by Crippen LogP contribution is 2.17. The van der Waals surface area contributed by atoms with E-state index in [0.29, 0.717) is 25.8 Å². The summed E-state index contributed by atoms with van der Waals surface area (Å²) in [5.41, 5.74) is 0.908. The van der Waals surface area contributed by atoms with Crippen LogP contribution in [0.2, 0.25) is 0 Å². The second-order valence-corrected chi connectivity index (χ2v) is 5.30. The van der Waals surface area contributed by atoms with Crippen LogP contribution in [0.15, 0.2) is 36.7 Å². The van der Waals surface area contributed by atoms with Crippen molar-refractivity contribution in [3.05, 3.63) is 42.4 Å². The predicted molar refractivity (Wildman–Crippen MR) is 87.2 cm³/mol. The molecule has 1 aliphatic rings. The van der Waals surface area contributed by atoms with Crippen LogP contribution >= 0.6 is 0 Å². The normalized spacial score (nSPS) is 20.9. The smallest absolute Gasteiger partial charge is 0.224 e. The average molecular weight is 315 g/mol. The van der Waals surface area contributed by atoms with Crippen molar-refractivity contribution < 1.29 is 9.47 Å². The van der Waals surface area contributed by atoms with Crippen molar-refractivity contribution in [2.45, 2.75) is 25.2 Å². The summed E-state index contributed by atoms with van der Waals surface area (Å²) in [6.07, 6.45) is 4.28. The second-order valence-electron chi connectivity index (χ2n) is 5.30. The van der Waals surface area contributed by atoms with E-state index < -0.39 is 0 Å². The van der Waals surface area contributed by atoms with Crippen LogP contribution < -0.4 is 10.6 Å². The molecule has 0 bridgehead atoms. The van der Waals surface area contributed by atoms with Gasteiger partial charge in [0, 0.05) is 26.0 Å². The summed E-state index contributed by atoms with van der Waals surface area (Å²) in [6, 6.07) is 7.73. The first-order valence-corrected chi connectivity index (χ1v) is 7.72. The summed E-state index contributed by atoms with van der Waals surface area (Å²) in [5, 5.41) is 6.36. The minimum absolute atomic E-state index is 0.0624. The van der Waals surface area contributed by atoms with E-state index in [1.807, 2.05) is 31.3 Å². The van der Waals surface area contributed by atoms with Gasteiger partial charge in [-0.3, -0.25) is 4.98 Å². The van der Waals surface area contributed by atoms with Gasteiger partial charge >= 0.3 is 0 Å². The maximum Gasteiger partial charge on any atom is 0.224 e. The number of pyridine rings is 1. The average Bonchev–Trinajstić information content (AvgIpc) is 2.62. The lowest BCUT2D eigenvalue weighted by molar-refractivity contribution is -0.0646. The van der Waals surface area contributed by atoms with Crippen molar-refractivity contribution in [2.75, 3.05) is 30.9 Å². The van der Waals surface area contributed by atoms with Gasteiger partial charge in [0.25, 0.3) is 0 Å². The molecule has 0 unspecified atom stereocenters. The molecular weight excluding hydrogens is 294 g/mol. The van der Waals surface area contributed by atoms with E-state index in [9.17, 15) is 0 Å². The molecule has 2 aromatic rings. The lowest BCUT2D eigenvalue weighted by Gasteiger charge is -2.32. The minimum atomic E-state index is -0.0624. The fraction of sp³-hybridized carbons (Fsp3) is 0.438. The standard InChI is InChI=1S/C16H21N5O2/c1-17-15-5-8-19-16(21-15)20-13-6-9-22-11-14(13)23-10-12-4-2-3-7-18-12/h2-5,7-8,13-14H,6,9-11H2,1H3,(H2,17,19,20,21)/t13-,14-/m1/s1. The van der Waals surface area contributed by atoms with Crippen molar-refractivity contribution >= 4 is 11.8 Å². The van der Waals surface area contributed by atoms with E-state index in [2.05, 4.69) is 25.6 Å². The van der Waals surface area contributed by atoms with Gasteiger partial charge in [0.15, 0.2) is 0 Å². The lowest BCUT2D eigenvalue weighted by Crippen LogP contribution is -2.44. The topological polar surface area (TPSA) is 81.2 Å². The fourth-order valence-electron chi connectivity index (χ4n) is 2.45. The first kappa shape index (κ1) is 15.6. The van der Waals surface area contributed by atoms with Gasteiger partial charge in [0.2, 0.25) is 5.95 Å². The van der Waals surface area contributed by atoms with Gasteiger partial charge in [-0.25, -0.2) is 4.98 Å². The Labute approximate surface area is 135 Å². The third-order valence-corrected chi connectivity index (χ3v) is 3.70. The molecule has 0 aromatic carbocycles. The fourth-order valence-corrected chi connectivity index (χ4v) is 2.45. The third kappa shape index (κ3) is 4.37. The summed E-state index contributed by atoms with van der Waals surface area (Å²) < 4.78 is 11.5. The lowest BCUT2D eigenvalue weighted by atomic mass is 10.1. The Kier molecular flexibility index (Phi) is 5.33. The molecule has 3 rings (SSSR count). The van der Waals surface area contributed by atoms with Crippen molar-refractivity contribution in [3.63, 3.8) is 0 Å². The second kappa shape index (κ2) is 7.85. The highest BCUT2D eigenvalue weighted by molar-refractivity contribution is 5.39. The van der Waals surface area contributed by atoms with Crippen LogP contribution in [0.25, 0.3) is 0 Å². The zero-order valence-electron chi connectivity index (χ0n) is 13.1. The number of hydrogen-bond acceptors (Lipinski definition) is 7. The Morgan fingerprint density at radius 3 is 3.04 bits per heavy atom. The van der Waals surface area contributed by atoms with Crippen LogP contribution in [0.4, 0.5) is 11.8 Å². The van der Waals surface area contributed by atoms with Crippen LogP contribution in [0.3, 0.4) is 0 Å². The predicted octanol–water partition coefficient (Wildman–Crippen LogP) is 1.70. The van der Waals surface area contributed by atoms with E-state index in [1.54, 1.807) is 12.4 Å². The molecule has 0 spiro atoms. The largest absolute Gasteiger partial charge is 0.379 e. The van der Waals surface area contributed by atoms with E-state index in [4.69, 9.17) is 9.47 Å². The minimum Gasteiger partial charge on any atom is -0.379 e. The molecule has 1 saturated heterocycles. The molecule has 0 aliphatic carbocycles. The van der Waals surface area contributed by atoms with Crippen LogP contribution in [-0.4, -0.2) is 47.4 Å². The summed E-state index contributed by atoms with van der Waals surface area (Å²) in [5.74, 6) is 1.37. The van der Waals surface area contributed by atoms with Gasteiger partial charge in [0.05, 0.1) is 24.9 Å². The Hall–Kier alpha value is -2.25. The third-order valence-electron chi connectivity index (χ3n) is 3.70. The first-order chi connectivity index (χ1) is 11.3. The van der Waals surface area contributed by atoms with Gasteiger partial charge < -0.3 is 20.1 Å².